The third-order valence-electron chi connectivity index (χ3n) is 4.19. The summed E-state index contributed by atoms with van der Waals surface area (Å²) in [7, 11) is 3.84. The van der Waals surface area contributed by atoms with Gasteiger partial charge in [0.2, 0.25) is 5.95 Å². The number of anilines is 1. The molecule has 1 saturated carbocycles. The molecular weight excluding hydrogens is 264 g/mol. The Balaban J connectivity index is 1.85. The van der Waals surface area contributed by atoms with E-state index in [1.807, 2.05) is 12.4 Å². The molecule has 1 heterocycles. The van der Waals surface area contributed by atoms with Crippen molar-refractivity contribution in [1.29, 1.82) is 0 Å². The Morgan fingerprint density at radius 1 is 1.19 bits per heavy atom. The zero-order valence-corrected chi connectivity index (χ0v) is 13.3. The second-order valence-electron chi connectivity index (χ2n) is 5.82. The summed E-state index contributed by atoms with van der Waals surface area (Å²) in [5.41, 5.74) is 1.11. The molecule has 1 aliphatic rings. The van der Waals surface area contributed by atoms with Gasteiger partial charge < -0.3 is 15.0 Å². The van der Waals surface area contributed by atoms with Crippen LogP contribution in [0.1, 0.15) is 44.1 Å². The largest absolute Gasteiger partial charge is 0.383 e. The monoisotopic (exact) mass is 292 g/mol. The van der Waals surface area contributed by atoms with Crippen molar-refractivity contribution in [2.24, 2.45) is 0 Å². The summed E-state index contributed by atoms with van der Waals surface area (Å²) in [5.74, 6) is 0.850. The molecule has 0 atom stereocenters. The number of methoxy groups -OCH3 is 1. The van der Waals surface area contributed by atoms with Crippen LogP contribution in [0.15, 0.2) is 12.4 Å². The maximum absolute atomic E-state index is 5.01. The van der Waals surface area contributed by atoms with Gasteiger partial charge in [0.15, 0.2) is 0 Å². The maximum atomic E-state index is 5.01. The fourth-order valence-electron chi connectivity index (χ4n) is 2.84. The summed E-state index contributed by atoms with van der Waals surface area (Å²) in [6.07, 6.45) is 11.8. The molecule has 1 aromatic heterocycles. The molecule has 1 aliphatic carbocycles. The fourth-order valence-corrected chi connectivity index (χ4v) is 2.84. The summed E-state index contributed by atoms with van der Waals surface area (Å²) in [6.45, 7) is 2.36. The van der Waals surface area contributed by atoms with Crippen molar-refractivity contribution in [3.63, 3.8) is 0 Å². The van der Waals surface area contributed by atoms with Gasteiger partial charge in [-0.25, -0.2) is 9.97 Å². The summed E-state index contributed by atoms with van der Waals surface area (Å²) in [4.78, 5) is 11.3. The van der Waals surface area contributed by atoms with E-state index < -0.39 is 0 Å². The van der Waals surface area contributed by atoms with Gasteiger partial charge in [0.25, 0.3) is 0 Å². The highest BCUT2D eigenvalue weighted by atomic mass is 16.5. The molecule has 0 aromatic carbocycles. The van der Waals surface area contributed by atoms with Crippen LogP contribution in [0.5, 0.6) is 0 Å². The molecule has 0 spiro atoms. The molecule has 0 unspecified atom stereocenters. The van der Waals surface area contributed by atoms with Crippen molar-refractivity contribution in [2.45, 2.75) is 51.1 Å². The van der Waals surface area contributed by atoms with Gasteiger partial charge in [0.05, 0.1) is 6.61 Å². The van der Waals surface area contributed by atoms with Gasteiger partial charge in [-0.05, 0) is 12.8 Å². The highest BCUT2D eigenvalue weighted by molar-refractivity contribution is 5.30. The van der Waals surface area contributed by atoms with Crippen molar-refractivity contribution in [3.8, 4) is 0 Å². The number of nitrogens with zero attached hydrogens (tertiary/aromatic N) is 3. The minimum Gasteiger partial charge on any atom is -0.383 e. The second-order valence-corrected chi connectivity index (χ2v) is 5.82. The zero-order chi connectivity index (χ0) is 14.9. The first-order chi connectivity index (χ1) is 10.3. The van der Waals surface area contributed by atoms with E-state index in [4.69, 9.17) is 4.74 Å². The van der Waals surface area contributed by atoms with Crippen molar-refractivity contribution >= 4 is 5.95 Å². The Hall–Kier alpha value is -1.20. The van der Waals surface area contributed by atoms with Crippen molar-refractivity contribution < 1.29 is 4.74 Å². The molecule has 5 heteroatoms. The first-order valence-electron chi connectivity index (χ1n) is 8.04. The van der Waals surface area contributed by atoms with Gasteiger partial charge >= 0.3 is 0 Å². The van der Waals surface area contributed by atoms with Gasteiger partial charge in [-0.1, -0.05) is 25.7 Å². The first-order valence-corrected chi connectivity index (χ1v) is 8.04. The molecule has 1 aromatic rings. The highest BCUT2D eigenvalue weighted by Crippen LogP contribution is 2.23. The van der Waals surface area contributed by atoms with E-state index in [2.05, 4.69) is 27.2 Å². The SMILES string of the molecule is COCCNCc1cnc(N(C)C2CCCCCC2)nc1. The zero-order valence-electron chi connectivity index (χ0n) is 13.3. The van der Waals surface area contributed by atoms with Crippen LogP contribution in [0.3, 0.4) is 0 Å². The standard InChI is InChI=1S/C16H28N4O/c1-20(15-7-5-3-4-6-8-15)16-18-12-14(13-19-16)11-17-9-10-21-2/h12-13,15,17H,3-11H2,1-2H3. The molecule has 0 bridgehead atoms. The van der Waals surface area contributed by atoms with Crippen LogP contribution < -0.4 is 10.2 Å². The van der Waals surface area contributed by atoms with Gasteiger partial charge in [-0.15, -0.1) is 0 Å². The van der Waals surface area contributed by atoms with E-state index in [1.165, 1.54) is 38.5 Å². The van der Waals surface area contributed by atoms with Crippen LogP contribution in [0.4, 0.5) is 5.95 Å². The van der Waals surface area contributed by atoms with Crippen LogP contribution in [0.25, 0.3) is 0 Å². The molecule has 21 heavy (non-hydrogen) atoms. The van der Waals surface area contributed by atoms with Crippen LogP contribution in [-0.2, 0) is 11.3 Å². The molecule has 5 nitrogen and oxygen atoms in total. The molecule has 0 aliphatic heterocycles. The van der Waals surface area contributed by atoms with Crippen molar-refractivity contribution in [2.75, 3.05) is 32.2 Å². The lowest BCUT2D eigenvalue weighted by molar-refractivity contribution is 0.199. The Morgan fingerprint density at radius 3 is 2.48 bits per heavy atom. The molecule has 118 valence electrons. The smallest absolute Gasteiger partial charge is 0.225 e. The topological polar surface area (TPSA) is 50.3 Å². The van der Waals surface area contributed by atoms with Crippen molar-refractivity contribution in [3.05, 3.63) is 18.0 Å². The maximum Gasteiger partial charge on any atom is 0.225 e. The molecule has 0 saturated heterocycles. The molecule has 1 N–H and O–H groups in total. The van der Waals surface area contributed by atoms with Gasteiger partial charge in [-0.2, -0.15) is 0 Å². The van der Waals surface area contributed by atoms with Crippen molar-refractivity contribution in [1.82, 2.24) is 15.3 Å². The molecule has 0 radical (unpaired) electrons. The lowest BCUT2D eigenvalue weighted by atomic mass is 10.1. The first kappa shape index (κ1) is 16.2. The predicted octanol–water partition coefficient (Wildman–Crippen LogP) is 2.37. The second kappa shape index (κ2) is 8.95. The lowest BCUT2D eigenvalue weighted by Gasteiger charge is -2.27. The lowest BCUT2D eigenvalue weighted by Crippen LogP contribution is -2.32. The summed E-state index contributed by atoms with van der Waals surface area (Å²) in [6, 6.07) is 0.596. The highest BCUT2D eigenvalue weighted by Gasteiger charge is 2.18. The molecule has 0 amide bonds. The van der Waals surface area contributed by atoms with Crippen LogP contribution in [-0.4, -0.2) is 43.3 Å². The third kappa shape index (κ3) is 5.25. The van der Waals surface area contributed by atoms with E-state index in [0.29, 0.717) is 6.04 Å². The summed E-state index contributed by atoms with van der Waals surface area (Å²) < 4.78 is 5.01. The number of rotatable bonds is 7. The Morgan fingerprint density at radius 2 is 1.86 bits per heavy atom. The summed E-state index contributed by atoms with van der Waals surface area (Å²) >= 11 is 0. The Bertz CT molecular complexity index is 388. The molecular formula is C16H28N4O. The number of ether oxygens (including phenoxy) is 1. The predicted molar refractivity (Wildman–Crippen MR) is 85.5 cm³/mol. The van der Waals surface area contributed by atoms with Gasteiger partial charge in [0, 0.05) is 51.2 Å². The van der Waals surface area contributed by atoms with Crippen LogP contribution in [0.2, 0.25) is 0 Å². The van der Waals surface area contributed by atoms with Crippen LogP contribution >= 0.6 is 0 Å². The Kier molecular flexibility index (Phi) is 6.89. The number of hydrogen-bond donors (Lipinski definition) is 1. The number of nitrogens with one attached hydrogen (secondary N) is 1. The van der Waals surface area contributed by atoms with E-state index in [1.54, 1.807) is 7.11 Å². The number of hydrogen-bond acceptors (Lipinski definition) is 5. The van der Waals surface area contributed by atoms with E-state index in [-0.39, 0.29) is 0 Å². The normalized spacial score (nSPS) is 16.7. The average molecular weight is 292 g/mol. The summed E-state index contributed by atoms with van der Waals surface area (Å²) in [5, 5.41) is 3.30. The quantitative estimate of drug-likeness (QED) is 0.617. The number of aromatic nitrogens is 2. The molecule has 1 fully saturated rings. The average Bonchev–Trinajstić information content (AvgIpc) is 2.81. The minimum absolute atomic E-state index is 0.596. The minimum atomic E-state index is 0.596. The van der Waals surface area contributed by atoms with E-state index in [0.717, 1.165) is 31.2 Å². The van der Waals surface area contributed by atoms with Crippen LogP contribution in [0, 0.1) is 0 Å². The van der Waals surface area contributed by atoms with E-state index >= 15 is 0 Å². The van der Waals surface area contributed by atoms with E-state index in [9.17, 15) is 0 Å². The van der Waals surface area contributed by atoms with Gasteiger partial charge in [-0.3, -0.25) is 0 Å². The third-order valence-corrected chi connectivity index (χ3v) is 4.19. The van der Waals surface area contributed by atoms with Gasteiger partial charge in [0.1, 0.15) is 0 Å². The Labute approximate surface area is 128 Å². The fraction of sp³-hybridized carbons (Fsp3) is 0.750. The molecule has 2 rings (SSSR count).